The lowest BCUT2D eigenvalue weighted by atomic mass is 10.1. The van der Waals surface area contributed by atoms with E-state index < -0.39 is 0 Å². The molecule has 0 spiro atoms. The van der Waals surface area contributed by atoms with Crippen LogP contribution in [0.25, 0.3) is 0 Å². The average molecular weight is 309 g/mol. The molecule has 2 rings (SSSR count). The highest BCUT2D eigenvalue weighted by Crippen LogP contribution is 2.29. The molecule has 0 bridgehead atoms. The third-order valence-corrected chi connectivity index (χ3v) is 3.31. The zero-order valence-corrected chi connectivity index (χ0v) is 11.6. The Labute approximate surface area is 114 Å². The fourth-order valence-electron chi connectivity index (χ4n) is 1.69. The van der Waals surface area contributed by atoms with Gasteiger partial charge >= 0.3 is 0 Å². The first kappa shape index (κ1) is 12.9. The molecule has 0 atom stereocenters. The smallest absolute Gasteiger partial charge is 0.139 e. The molecule has 0 fully saturated rings. The number of hydrogen-bond donors (Lipinski definition) is 2. The summed E-state index contributed by atoms with van der Waals surface area (Å²) in [6.07, 6.45) is 0.958. The van der Waals surface area contributed by atoms with Crippen molar-refractivity contribution in [3.05, 3.63) is 52.3 Å². The van der Waals surface area contributed by atoms with Crippen LogP contribution in [-0.4, -0.2) is 0 Å². The van der Waals surface area contributed by atoms with Crippen LogP contribution in [0.3, 0.4) is 0 Å². The van der Waals surface area contributed by atoms with Gasteiger partial charge in [0.25, 0.3) is 0 Å². The number of hydrogen-bond acceptors (Lipinski definition) is 2. The van der Waals surface area contributed by atoms with E-state index in [1.54, 1.807) is 6.07 Å². The molecule has 0 aliphatic heterocycles. The van der Waals surface area contributed by atoms with Crippen molar-refractivity contribution in [3.8, 4) is 0 Å². The van der Waals surface area contributed by atoms with E-state index >= 15 is 0 Å². The lowest BCUT2D eigenvalue weighted by Gasteiger charge is -2.11. The molecule has 0 aliphatic carbocycles. The van der Waals surface area contributed by atoms with Crippen LogP contribution in [0, 0.1) is 5.82 Å². The number of rotatable bonds is 3. The number of nitrogens with one attached hydrogen (secondary N) is 1. The van der Waals surface area contributed by atoms with Crippen LogP contribution in [-0.2, 0) is 6.42 Å². The highest BCUT2D eigenvalue weighted by Gasteiger charge is 2.06. The van der Waals surface area contributed by atoms with Gasteiger partial charge in [-0.05, 0) is 46.1 Å². The van der Waals surface area contributed by atoms with E-state index in [-0.39, 0.29) is 5.82 Å². The summed E-state index contributed by atoms with van der Waals surface area (Å²) in [7, 11) is 0. The molecular formula is C14H14BrFN2. The molecule has 3 N–H and O–H groups in total. The first-order valence-corrected chi connectivity index (χ1v) is 6.50. The van der Waals surface area contributed by atoms with E-state index in [4.69, 9.17) is 5.73 Å². The minimum atomic E-state index is -0.335. The topological polar surface area (TPSA) is 38.0 Å². The predicted molar refractivity (Wildman–Crippen MR) is 77.6 cm³/mol. The molecular weight excluding hydrogens is 295 g/mol. The molecule has 18 heavy (non-hydrogen) atoms. The normalized spacial score (nSPS) is 10.4. The van der Waals surface area contributed by atoms with E-state index in [2.05, 4.69) is 34.2 Å². The van der Waals surface area contributed by atoms with Gasteiger partial charge in [-0.1, -0.05) is 19.1 Å². The van der Waals surface area contributed by atoms with Gasteiger partial charge in [0.05, 0.1) is 15.8 Å². The second-order valence-corrected chi connectivity index (χ2v) is 4.89. The molecule has 2 nitrogen and oxygen atoms in total. The zero-order chi connectivity index (χ0) is 13.1. The van der Waals surface area contributed by atoms with E-state index in [1.165, 1.54) is 11.6 Å². The zero-order valence-electron chi connectivity index (χ0n) is 10.0. The molecule has 94 valence electrons. The van der Waals surface area contributed by atoms with Gasteiger partial charge in [0, 0.05) is 11.8 Å². The van der Waals surface area contributed by atoms with Gasteiger partial charge in [-0.3, -0.25) is 0 Å². The SMILES string of the molecule is CCc1cccc(Nc2cc(F)c(Br)cc2N)c1. The molecule has 2 aromatic carbocycles. The second kappa shape index (κ2) is 5.40. The monoisotopic (exact) mass is 308 g/mol. The van der Waals surface area contributed by atoms with Crippen LogP contribution in [0.2, 0.25) is 0 Å². The fraction of sp³-hybridized carbons (Fsp3) is 0.143. The fourth-order valence-corrected chi connectivity index (χ4v) is 2.06. The minimum Gasteiger partial charge on any atom is -0.397 e. The molecule has 0 unspecified atom stereocenters. The Balaban J connectivity index is 2.30. The van der Waals surface area contributed by atoms with E-state index in [0.29, 0.717) is 15.8 Å². The summed E-state index contributed by atoms with van der Waals surface area (Å²) in [6.45, 7) is 2.09. The Kier molecular flexibility index (Phi) is 3.87. The molecule has 0 radical (unpaired) electrons. The highest BCUT2D eigenvalue weighted by atomic mass is 79.9. The number of nitrogen functional groups attached to an aromatic ring is 1. The number of benzene rings is 2. The lowest BCUT2D eigenvalue weighted by molar-refractivity contribution is 0.622. The first-order valence-electron chi connectivity index (χ1n) is 5.70. The van der Waals surface area contributed by atoms with Crippen molar-refractivity contribution >= 4 is 33.0 Å². The van der Waals surface area contributed by atoms with Gasteiger partial charge in [0.1, 0.15) is 5.82 Å². The molecule has 0 aromatic heterocycles. The summed E-state index contributed by atoms with van der Waals surface area (Å²) in [4.78, 5) is 0. The summed E-state index contributed by atoms with van der Waals surface area (Å²) in [5, 5.41) is 3.13. The molecule has 0 heterocycles. The number of nitrogens with two attached hydrogens (primary N) is 1. The van der Waals surface area contributed by atoms with Crippen molar-refractivity contribution in [3.63, 3.8) is 0 Å². The summed E-state index contributed by atoms with van der Waals surface area (Å²) >= 11 is 3.11. The van der Waals surface area contributed by atoms with Crippen molar-refractivity contribution in [1.29, 1.82) is 0 Å². The van der Waals surface area contributed by atoms with Crippen LogP contribution in [0.4, 0.5) is 21.5 Å². The number of anilines is 3. The molecule has 0 saturated carbocycles. The van der Waals surface area contributed by atoms with Gasteiger partial charge in [-0.15, -0.1) is 0 Å². The lowest BCUT2D eigenvalue weighted by Crippen LogP contribution is -1.98. The van der Waals surface area contributed by atoms with Crippen molar-refractivity contribution in [2.24, 2.45) is 0 Å². The van der Waals surface area contributed by atoms with Crippen molar-refractivity contribution in [1.82, 2.24) is 0 Å². The van der Waals surface area contributed by atoms with Gasteiger partial charge in [-0.2, -0.15) is 0 Å². The Bertz CT molecular complexity index is 570. The summed E-state index contributed by atoms with van der Waals surface area (Å²) in [5.74, 6) is -0.335. The standard InChI is InChI=1S/C14H14BrFN2/c1-2-9-4-3-5-10(6-9)18-14-8-12(16)11(15)7-13(14)17/h3-8,18H,2,17H2,1H3. The maximum Gasteiger partial charge on any atom is 0.139 e. The summed E-state index contributed by atoms with van der Waals surface area (Å²) in [5.41, 5.74) is 9.05. The second-order valence-electron chi connectivity index (χ2n) is 4.03. The van der Waals surface area contributed by atoms with Crippen molar-refractivity contribution < 1.29 is 4.39 Å². The Morgan fingerprint density at radius 2 is 2.06 bits per heavy atom. The third-order valence-electron chi connectivity index (χ3n) is 2.71. The van der Waals surface area contributed by atoms with Crippen LogP contribution >= 0.6 is 15.9 Å². The van der Waals surface area contributed by atoms with Crippen molar-refractivity contribution in [2.45, 2.75) is 13.3 Å². The van der Waals surface area contributed by atoms with E-state index in [9.17, 15) is 4.39 Å². The number of halogens is 2. The molecule has 0 amide bonds. The molecule has 4 heteroatoms. The Morgan fingerprint density at radius 3 is 2.78 bits per heavy atom. The third kappa shape index (κ3) is 2.82. The van der Waals surface area contributed by atoms with Gasteiger partial charge in [-0.25, -0.2) is 4.39 Å². The maximum absolute atomic E-state index is 13.5. The summed E-state index contributed by atoms with van der Waals surface area (Å²) < 4.78 is 13.8. The predicted octanol–water partition coefficient (Wildman–Crippen LogP) is 4.48. The minimum absolute atomic E-state index is 0.335. The van der Waals surface area contributed by atoms with Crippen LogP contribution in [0.5, 0.6) is 0 Å². The first-order chi connectivity index (χ1) is 8.60. The summed E-state index contributed by atoms with van der Waals surface area (Å²) in [6, 6.07) is 10.9. The Hall–Kier alpha value is -1.55. The highest BCUT2D eigenvalue weighted by molar-refractivity contribution is 9.10. The largest absolute Gasteiger partial charge is 0.397 e. The van der Waals surface area contributed by atoms with Gasteiger partial charge in [0.2, 0.25) is 0 Å². The molecule has 2 aromatic rings. The van der Waals surface area contributed by atoms with E-state index in [0.717, 1.165) is 12.1 Å². The van der Waals surface area contributed by atoms with Gasteiger partial charge < -0.3 is 11.1 Å². The molecule has 0 aliphatic rings. The van der Waals surface area contributed by atoms with E-state index in [1.807, 2.05) is 18.2 Å². The molecule has 0 saturated heterocycles. The quantitative estimate of drug-likeness (QED) is 0.821. The maximum atomic E-state index is 13.5. The average Bonchev–Trinajstić information content (AvgIpc) is 2.36. The van der Waals surface area contributed by atoms with Crippen LogP contribution in [0.15, 0.2) is 40.9 Å². The van der Waals surface area contributed by atoms with Crippen molar-refractivity contribution in [2.75, 3.05) is 11.1 Å². The Morgan fingerprint density at radius 1 is 1.28 bits per heavy atom. The van der Waals surface area contributed by atoms with Crippen LogP contribution in [0.1, 0.15) is 12.5 Å². The number of aryl methyl sites for hydroxylation is 1. The van der Waals surface area contributed by atoms with Crippen LogP contribution < -0.4 is 11.1 Å². The van der Waals surface area contributed by atoms with Gasteiger partial charge in [0.15, 0.2) is 0 Å².